The SMILES string of the molecule is OCCOCCOc1ccc2cc(C3(c4ccc5cc(OCCO)ccc5c4)c4ccccc4-c4ccccc43)ccc2c1. The van der Waals surface area contributed by atoms with Crippen LogP contribution in [0.5, 0.6) is 11.5 Å². The zero-order chi connectivity index (χ0) is 29.9. The van der Waals surface area contributed by atoms with Crippen molar-refractivity contribution in [1.29, 1.82) is 0 Å². The second-order valence-electron chi connectivity index (χ2n) is 11.0. The van der Waals surface area contributed by atoms with E-state index in [0.29, 0.717) is 19.8 Å². The molecule has 6 aromatic rings. The number of hydrogen-bond acceptors (Lipinski definition) is 5. The maximum absolute atomic E-state index is 9.19. The Hall–Kier alpha value is -4.68. The highest BCUT2D eigenvalue weighted by Crippen LogP contribution is 2.56. The summed E-state index contributed by atoms with van der Waals surface area (Å²) in [6.07, 6.45) is 0. The van der Waals surface area contributed by atoms with Gasteiger partial charge in [0.2, 0.25) is 0 Å². The van der Waals surface area contributed by atoms with Crippen LogP contribution in [0.3, 0.4) is 0 Å². The van der Waals surface area contributed by atoms with Crippen molar-refractivity contribution >= 4 is 21.5 Å². The standard InChI is InChI=1S/C39H34O5/c40-17-19-42-21-22-44-34-16-12-28-24-32(14-10-30(28)26-34)39(37-7-3-1-5-35(37)36-6-2-4-8-38(36)39)31-13-9-29-25-33(43-20-18-41)15-11-27(29)23-31/h1-16,23-26,40-41H,17-22H2. The highest BCUT2D eigenvalue weighted by molar-refractivity contribution is 5.92. The van der Waals surface area contributed by atoms with Crippen molar-refractivity contribution < 1.29 is 24.4 Å². The van der Waals surface area contributed by atoms with Gasteiger partial charge in [0.05, 0.1) is 31.8 Å². The van der Waals surface area contributed by atoms with Gasteiger partial charge in [0, 0.05) is 0 Å². The van der Waals surface area contributed by atoms with Gasteiger partial charge in [-0.1, -0.05) is 84.9 Å². The van der Waals surface area contributed by atoms with E-state index in [1.165, 1.54) is 33.4 Å². The van der Waals surface area contributed by atoms with Crippen molar-refractivity contribution in [3.05, 3.63) is 144 Å². The third-order valence-electron chi connectivity index (χ3n) is 8.53. The summed E-state index contributed by atoms with van der Waals surface area (Å²) in [4.78, 5) is 0. The first-order chi connectivity index (χ1) is 21.7. The van der Waals surface area contributed by atoms with Crippen molar-refractivity contribution in [2.45, 2.75) is 5.41 Å². The van der Waals surface area contributed by atoms with Crippen LogP contribution in [-0.4, -0.2) is 49.9 Å². The molecule has 0 atom stereocenters. The topological polar surface area (TPSA) is 68.2 Å². The van der Waals surface area contributed by atoms with Gasteiger partial charge in [0.1, 0.15) is 24.7 Å². The molecule has 1 aliphatic carbocycles. The quantitative estimate of drug-likeness (QED) is 0.159. The van der Waals surface area contributed by atoms with E-state index in [4.69, 9.17) is 19.3 Å². The molecule has 44 heavy (non-hydrogen) atoms. The average Bonchev–Trinajstić information content (AvgIpc) is 3.38. The lowest BCUT2D eigenvalue weighted by Crippen LogP contribution is -2.28. The van der Waals surface area contributed by atoms with Crippen LogP contribution in [0, 0.1) is 0 Å². The van der Waals surface area contributed by atoms with Crippen molar-refractivity contribution in [3.63, 3.8) is 0 Å². The van der Waals surface area contributed by atoms with Gasteiger partial charge in [0.15, 0.2) is 0 Å². The van der Waals surface area contributed by atoms with Crippen LogP contribution < -0.4 is 9.47 Å². The molecule has 2 N–H and O–H groups in total. The molecule has 5 nitrogen and oxygen atoms in total. The molecule has 5 heteroatoms. The number of ether oxygens (including phenoxy) is 3. The Morgan fingerprint density at radius 2 is 0.932 bits per heavy atom. The Bertz CT molecular complexity index is 1900. The van der Waals surface area contributed by atoms with Crippen LogP contribution in [0.15, 0.2) is 121 Å². The molecule has 0 bridgehead atoms. The van der Waals surface area contributed by atoms with E-state index in [-0.39, 0.29) is 19.8 Å². The molecule has 6 aromatic carbocycles. The molecular formula is C39H34O5. The highest BCUT2D eigenvalue weighted by Gasteiger charge is 2.46. The molecular weight excluding hydrogens is 548 g/mol. The van der Waals surface area contributed by atoms with Crippen LogP contribution in [0.4, 0.5) is 0 Å². The van der Waals surface area contributed by atoms with E-state index in [2.05, 4.69) is 103 Å². The summed E-state index contributed by atoms with van der Waals surface area (Å²) in [6, 6.07) is 43.3. The highest BCUT2D eigenvalue weighted by atomic mass is 16.5. The minimum Gasteiger partial charge on any atom is -0.491 e. The van der Waals surface area contributed by atoms with Crippen LogP contribution >= 0.6 is 0 Å². The third-order valence-corrected chi connectivity index (χ3v) is 8.53. The smallest absolute Gasteiger partial charge is 0.120 e. The fourth-order valence-electron chi connectivity index (χ4n) is 6.67. The lowest BCUT2D eigenvalue weighted by atomic mass is 9.67. The monoisotopic (exact) mass is 582 g/mol. The van der Waals surface area contributed by atoms with Crippen LogP contribution in [0.2, 0.25) is 0 Å². The van der Waals surface area contributed by atoms with Gasteiger partial charge < -0.3 is 24.4 Å². The van der Waals surface area contributed by atoms with Crippen molar-refractivity contribution in [1.82, 2.24) is 0 Å². The maximum atomic E-state index is 9.19. The first-order valence-electron chi connectivity index (χ1n) is 15.1. The van der Waals surface area contributed by atoms with Gasteiger partial charge >= 0.3 is 0 Å². The van der Waals surface area contributed by atoms with Gasteiger partial charge in [-0.25, -0.2) is 0 Å². The molecule has 0 heterocycles. The molecule has 0 spiro atoms. The van der Waals surface area contributed by atoms with Crippen LogP contribution in [-0.2, 0) is 10.2 Å². The zero-order valence-corrected chi connectivity index (χ0v) is 24.4. The Morgan fingerprint density at radius 1 is 0.455 bits per heavy atom. The summed E-state index contributed by atoms with van der Waals surface area (Å²) in [5.74, 6) is 1.54. The lowest BCUT2D eigenvalue weighted by Gasteiger charge is -2.34. The van der Waals surface area contributed by atoms with Gasteiger partial charge in [-0.05, 0) is 91.3 Å². The van der Waals surface area contributed by atoms with E-state index in [9.17, 15) is 5.11 Å². The first kappa shape index (κ1) is 28.1. The number of aliphatic hydroxyl groups is 2. The Labute approximate surface area is 256 Å². The summed E-state index contributed by atoms with van der Waals surface area (Å²) in [6.45, 7) is 1.44. The summed E-state index contributed by atoms with van der Waals surface area (Å²) in [5, 5.41) is 22.6. The molecule has 0 saturated heterocycles. The van der Waals surface area contributed by atoms with E-state index < -0.39 is 5.41 Å². The lowest BCUT2D eigenvalue weighted by molar-refractivity contribution is 0.0705. The van der Waals surface area contributed by atoms with Crippen molar-refractivity contribution in [3.8, 4) is 22.6 Å². The van der Waals surface area contributed by atoms with Gasteiger partial charge in [-0.15, -0.1) is 0 Å². The molecule has 1 aliphatic rings. The summed E-state index contributed by atoms with van der Waals surface area (Å²) < 4.78 is 16.9. The first-order valence-corrected chi connectivity index (χ1v) is 15.1. The fraction of sp³-hybridized carbons (Fsp3) is 0.179. The molecule has 0 fully saturated rings. The minimum atomic E-state index is -0.513. The number of benzene rings is 6. The average molecular weight is 583 g/mol. The van der Waals surface area contributed by atoms with Crippen LogP contribution in [0.1, 0.15) is 22.3 Å². The second-order valence-corrected chi connectivity index (χ2v) is 11.0. The Morgan fingerprint density at radius 3 is 1.48 bits per heavy atom. The van der Waals surface area contributed by atoms with Gasteiger partial charge in [-0.2, -0.15) is 0 Å². The van der Waals surface area contributed by atoms with Crippen molar-refractivity contribution in [2.75, 3.05) is 39.6 Å². The van der Waals surface area contributed by atoms with Gasteiger partial charge in [0.25, 0.3) is 0 Å². The second kappa shape index (κ2) is 12.1. The number of fused-ring (bicyclic) bond motifs is 5. The van der Waals surface area contributed by atoms with Crippen molar-refractivity contribution in [2.24, 2.45) is 0 Å². The Balaban J connectivity index is 1.37. The molecule has 0 radical (unpaired) electrons. The molecule has 0 aliphatic heterocycles. The molecule has 220 valence electrons. The summed E-state index contributed by atoms with van der Waals surface area (Å²) in [7, 11) is 0. The molecule has 0 aromatic heterocycles. The molecule has 0 amide bonds. The Kier molecular flexibility index (Phi) is 7.75. The maximum Gasteiger partial charge on any atom is 0.120 e. The summed E-state index contributed by atoms with van der Waals surface area (Å²) in [5.41, 5.74) is 6.94. The largest absolute Gasteiger partial charge is 0.491 e. The predicted octanol–water partition coefficient (Wildman–Crippen LogP) is 7.11. The van der Waals surface area contributed by atoms with Crippen LogP contribution in [0.25, 0.3) is 32.7 Å². The number of hydrogen-bond donors (Lipinski definition) is 2. The van der Waals surface area contributed by atoms with Gasteiger partial charge in [-0.3, -0.25) is 0 Å². The van der Waals surface area contributed by atoms with E-state index >= 15 is 0 Å². The summed E-state index contributed by atoms with van der Waals surface area (Å²) >= 11 is 0. The van der Waals surface area contributed by atoms with E-state index in [1.807, 2.05) is 18.2 Å². The fourth-order valence-corrected chi connectivity index (χ4v) is 6.67. The number of rotatable bonds is 11. The molecule has 7 rings (SSSR count). The zero-order valence-electron chi connectivity index (χ0n) is 24.4. The molecule has 0 unspecified atom stereocenters. The molecule has 0 saturated carbocycles. The normalized spacial score (nSPS) is 13.1. The van der Waals surface area contributed by atoms with E-state index in [0.717, 1.165) is 33.0 Å². The van der Waals surface area contributed by atoms with E-state index in [1.54, 1.807) is 0 Å². The third kappa shape index (κ3) is 4.89. The predicted molar refractivity (Wildman–Crippen MR) is 175 cm³/mol. The number of aliphatic hydroxyl groups excluding tert-OH is 2. The minimum absolute atomic E-state index is 0.00920.